The molecule has 0 saturated heterocycles. The van der Waals surface area contributed by atoms with Crippen molar-refractivity contribution in [3.05, 3.63) is 70.5 Å². The van der Waals surface area contributed by atoms with Gasteiger partial charge in [-0.1, -0.05) is 94.5 Å². The van der Waals surface area contributed by atoms with E-state index in [0.717, 1.165) is 17.4 Å². The van der Waals surface area contributed by atoms with E-state index in [-0.39, 0.29) is 13.2 Å². The van der Waals surface area contributed by atoms with Gasteiger partial charge in [0.25, 0.3) is 0 Å². The van der Waals surface area contributed by atoms with Crippen molar-refractivity contribution in [2.45, 2.75) is 74.7 Å². The molecule has 2 aromatic carbocycles. The largest absolute Gasteiger partial charge is 0.207 e. The average Bonchev–Trinajstić information content (AvgIpc) is 2.58. The Morgan fingerprint density at radius 2 is 1.00 bits per heavy atom. The topological polar surface area (TPSA) is 0 Å². The van der Waals surface area contributed by atoms with Crippen molar-refractivity contribution in [3.8, 4) is 0 Å². The van der Waals surface area contributed by atoms with Crippen molar-refractivity contribution in [3.63, 3.8) is 0 Å². The van der Waals surface area contributed by atoms with Gasteiger partial charge in [0.05, 0.1) is 0 Å². The first-order chi connectivity index (χ1) is 11.8. The minimum absolute atomic E-state index is 0. The Bertz CT molecular complexity index is 574. The fraction of sp³-hybridized carbons (Fsp3) is 0.520. The van der Waals surface area contributed by atoms with Gasteiger partial charge in [-0.3, -0.25) is 0 Å². The second-order valence-corrected chi connectivity index (χ2v) is 7.77. The summed E-state index contributed by atoms with van der Waals surface area (Å²) in [4.78, 5) is 0. The standard InChI is InChI=1S/C8H9F.C8H16.C8H10.CH4/c1-6-3-4-7(2)8(9)5-6;2*1-7-3-5-8(2)6-4-7;/h3-5H,1-2H3;7-8H,3-6H2,1-2H3;3-6H,1-2H3;1H4. The molecule has 1 aliphatic rings. The molecule has 146 valence electrons. The lowest BCUT2D eigenvalue weighted by atomic mass is 9.84. The van der Waals surface area contributed by atoms with Gasteiger partial charge < -0.3 is 0 Å². The first-order valence-corrected chi connectivity index (χ1v) is 9.54. The van der Waals surface area contributed by atoms with Gasteiger partial charge in [-0.15, -0.1) is 0 Å². The number of hydrogen-bond acceptors (Lipinski definition) is 0. The van der Waals surface area contributed by atoms with E-state index in [9.17, 15) is 4.39 Å². The Morgan fingerprint density at radius 1 is 0.654 bits per heavy atom. The van der Waals surface area contributed by atoms with Gasteiger partial charge in [-0.25, -0.2) is 4.39 Å². The molecule has 0 nitrogen and oxygen atoms in total. The third kappa shape index (κ3) is 10.4. The normalized spacial score (nSPS) is 18.4. The Balaban J connectivity index is 0.000000355. The van der Waals surface area contributed by atoms with Crippen LogP contribution < -0.4 is 0 Å². The zero-order valence-corrected chi connectivity index (χ0v) is 16.9. The second-order valence-electron chi connectivity index (χ2n) is 7.77. The maximum atomic E-state index is 12.6. The van der Waals surface area contributed by atoms with Crippen LogP contribution in [0.2, 0.25) is 0 Å². The van der Waals surface area contributed by atoms with Gasteiger partial charge in [0.15, 0.2) is 0 Å². The summed E-state index contributed by atoms with van der Waals surface area (Å²) in [6.07, 6.45) is 5.89. The third-order valence-electron chi connectivity index (χ3n) is 4.85. The monoisotopic (exact) mass is 358 g/mol. The predicted octanol–water partition coefficient (Wildman–Crippen LogP) is 8.21. The molecule has 3 rings (SSSR count). The third-order valence-corrected chi connectivity index (χ3v) is 4.85. The predicted molar refractivity (Wildman–Crippen MR) is 115 cm³/mol. The van der Waals surface area contributed by atoms with Crippen molar-refractivity contribution in [2.75, 3.05) is 0 Å². The van der Waals surface area contributed by atoms with Gasteiger partial charge in [-0.2, -0.15) is 0 Å². The molecule has 1 fully saturated rings. The molecular weight excluding hydrogens is 319 g/mol. The van der Waals surface area contributed by atoms with Crippen LogP contribution in [0.5, 0.6) is 0 Å². The summed E-state index contributed by atoms with van der Waals surface area (Å²) in [6.45, 7) is 12.6. The summed E-state index contributed by atoms with van der Waals surface area (Å²) < 4.78 is 12.6. The SMILES string of the molecule is C.CC1CCC(C)CC1.Cc1ccc(C)c(F)c1.Cc1ccc(C)cc1. The molecule has 1 aliphatic carbocycles. The van der Waals surface area contributed by atoms with E-state index in [0.29, 0.717) is 5.56 Å². The summed E-state index contributed by atoms with van der Waals surface area (Å²) >= 11 is 0. The Kier molecular flexibility index (Phi) is 11.9. The average molecular weight is 359 g/mol. The van der Waals surface area contributed by atoms with Crippen LogP contribution in [0.4, 0.5) is 4.39 Å². The summed E-state index contributed by atoms with van der Waals surface area (Å²) in [6, 6.07) is 13.7. The Hall–Kier alpha value is -1.63. The molecule has 0 spiro atoms. The molecule has 1 heteroatoms. The molecule has 0 heterocycles. The van der Waals surface area contributed by atoms with Gasteiger partial charge in [0, 0.05) is 0 Å². The fourth-order valence-corrected chi connectivity index (χ4v) is 2.76. The molecule has 0 atom stereocenters. The lowest BCUT2D eigenvalue weighted by Gasteiger charge is -2.22. The van der Waals surface area contributed by atoms with E-state index in [4.69, 9.17) is 0 Å². The van der Waals surface area contributed by atoms with Crippen LogP contribution in [0.15, 0.2) is 42.5 Å². The molecule has 1 saturated carbocycles. The van der Waals surface area contributed by atoms with Gasteiger partial charge in [0.2, 0.25) is 0 Å². The number of aryl methyl sites for hydroxylation is 4. The zero-order chi connectivity index (χ0) is 18.8. The highest BCUT2D eigenvalue weighted by molar-refractivity contribution is 5.21. The molecule has 0 N–H and O–H groups in total. The number of halogens is 1. The van der Waals surface area contributed by atoms with E-state index in [1.165, 1.54) is 42.9 Å². The van der Waals surface area contributed by atoms with E-state index in [1.807, 2.05) is 13.0 Å². The number of rotatable bonds is 0. The first kappa shape index (κ1) is 24.4. The summed E-state index contributed by atoms with van der Waals surface area (Å²) in [5.41, 5.74) is 4.34. The molecular formula is C25H39F. The van der Waals surface area contributed by atoms with E-state index >= 15 is 0 Å². The minimum Gasteiger partial charge on any atom is -0.207 e. The van der Waals surface area contributed by atoms with Crippen LogP contribution in [-0.4, -0.2) is 0 Å². The summed E-state index contributed by atoms with van der Waals surface area (Å²) in [5.74, 6) is 1.92. The summed E-state index contributed by atoms with van der Waals surface area (Å²) in [5, 5.41) is 0. The minimum atomic E-state index is -0.116. The van der Waals surface area contributed by atoms with Crippen molar-refractivity contribution in [1.82, 2.24) is 0 Å². The highest BCUT2D eigenvalue weighted by Gasteiger charge is 2.13. The van der Waals surface area contributed by atoms with Crippen LogP contribution in [0, 0.1) is 45.3 Å². The summed E-state index contributed by atoms with van der Waals surface area (Å²) in [7, 11) is 0. The van der Waals surface area contributed by atoms with Gasteiger partial charge in [0.1, 0.15) is 5.82 Å². The quantitative estimate of drug-likeness (QED) is 0.445. The lowest BCUT2D eigenvalue weighted by molar-refractivity contribution is 0.308. The molecule has 0 unspecified atom stereocenters. The maximum Gasteiger partial charge on any atom is 0.126 e. The maximum absolute atomic E-state index is 12.6. The van der Waals surface area contributed by atoms with Crippen LogP contribution in [0.25, 0.3) is 0 Å². The highest BCUT2D eigenvalue weighted by Crippen LogP contribution is 2.27. The highest BCUT2D eigenvalue weighted by atomic mass is 19.1. The molecule has 0 bridgehead atoms. The van der Waals surface area contributed by atoms with Crippen LogP contribution in [0.1, 0.15) is 69.2 Å². The zero-order valence-electron chi connectivity index (χ0n) is 16.9. The molecule has 0 aromatic heterocycles. The lowest BCUT2D eigenvalue weighted by Crippen LogP contribution is -2.08. The molecule has 0 amide bonds. The van der Waals surface area contributed by atoms with E-state index in [1.54, 1.807) is 13.0 Å². The smallest absolute Gasteiger partial charge is 0.126 e. The Morgan fingerprint density at radius 3 is 1.31 bits per heavy atom. The van der Waals surface area contributed by atoms with Crippen molar-refractivity contribution in [1.29, 1.82) is 0 Å². The second kappa shape index (κ2) is 12.7. The van der Waals surface area contributed by atoms with E-state index < -0.39 is 0 Å². The molecule has 0 aliphatic heterocycles. The number of hydrogen-bond donors (Lipinski definition) is 0. The molecule has 2 aromatic rings. The van der Waals surface area contributed by atoms with Crippen molar-refractivity contribution < 1.29 is 4.39 Å². The Labute approximate surface area is 161 Å². The van der Waals surface area contributed by atoms with Crippen molar-refractivity contribution >= 4 is 0 Å². The van der Waals surface area contributed by atoms with Crippen molar-refractivity contribution in [2.24, 2.45) is 11.8 Å². The molecule has 26 heavy (non-hydrogen) atoms. The fourth-order valence-electron chi connectivity index (χ4n) is 2.76. The van der Waals surface area contributed by atoms with Crippen LogP contribution in [-0.2, 0) is 0 Å². The van der Waals surface area contributed by atoms with E-state index in [2.05, 4.69) is 52.0 Å². The van der Waals surface area contributed by atoms with Gasteiger partial charge >= 0.3 is 0 Å². The molecule has 0 radical (unpaired) electrons. The van der Waals surface area contributed by atoms with Crippen LogP contribution in [0.3, 0.4) is 0 Å². The van der Waals surface area contributed by atoms with Gasteiger partial charge in [-0.05, 0) is 56.7 Å². The van der Waals surface area contributed by atoms with Crippen LogP contribution >= 0.6 is 0 Å². The number of benzene rings is 2. The first-order valence-electron chi connectivity index (χ1n) is 9.54.